The third-order valence-electron chi connectivity index (χ3n) is 4.50. The molecule has 0 unspecified atom stereocenters. The Morgan fingerprint density at radius 3 is 2.58 bits per heavy atom. The highest BCUT2D eigenvalue weighted by Gasteiger charge is 2.20. The number of Topliss-reactive ketones (excluding diaryl/α,β-unsaturated/α-hetero) is 1. The van der Waals surface area contributed by atoms with Gasteiger partial charge in [-0.15, -0.1) is 0 Å². The van der Waals surface area contributed by atoms with E-state index in [-0.39, 0.29) is 5.78 Å². The van der Waals surface area contributed by atoms with Crippen LogP contribution in [0, 0.1) is 11.3 Å². The Labute approximate surface area is 152 Å². The topological polar surface area (TPSA) is 67.2 Å². The third-order valence-corrected chi connectivity index (χ3v) is 4.50. The first kappa shape index (κ1) is 17.6. The number of hydrogen-bond donors (Lipinski definition) is 0. The van der Waals surface area contributed by atoms with Crippen molar-refractivity contribution in [3.05, 3.63) is 76.4 Å². The monoisotopic (exact) mass is 345 g/mol. The van der Waals surface area contributed by atoms with Gasteiger partial charge in [-0.3, -0.25) is 4.79 Å². The van der Waals surface area contributed by atoms with Gasteiger partial charge in [0.15, 0.2) is 6.10 Å². The van der Waals surface area contributed by atoms with Crippen LogP contribution in [0.25, 0.3) is 6.08 Å². The molecule has 1 aliphatic rings. The maximum absolute atomic E-state index is 12.5. The maximum Gasteiger partial charge on any atom is 0.331 e. The molecule has 0 bridgehead atoms. The smallest absolute Gasteiger partial charge is 0.331 e. The summed E-state index contributed by atoms with van der Waals surface area (Å²) in [6.07, 6.45) is 5.22. The number of ketones is 1. The first-order valence-electron chi connectivity index (χ1n) is 8.61. The predicted octanol–water partition coefficient (Wildman–Crippen LogP) is 3.87. The van der Waals surface area contributed by atoms with E-state index in [1.807, 2.05) is 24.3 Å². The normalized spacial score (nSPS) is 13.8. The van der Waals surface area contributed by atoms with Crippen molar-refractivity contribution in [2.75, 3.05) is 0 Å². The average Bonchev–Trinajstić information content (AvgIpc) is 3.13. The summed E-state index contributed by atoms with van der Waals surface area (Å²) in [5.41, 5.74) is 4.44. The molecule has 130 valence electrons. The van der Waals surface area contributed by atoms with Crippen molar-refractivity contribution < 1.29 is 14.3 Å². The molecule has 3 rings (SSSR count). The molecule has 1 atom stereocenters. The van der Waals surface area contributed by atoms with Crippen LogP contribution in [0.3, 0.4) is 0 Å². The van der Waals surface area contributed by atoms with Crippen molar-refractivity contribution in [1.82, 2.24) is 0 Å². The SMILES string of the molecule is C[C@H](OC(=O)/C=C/c1ccc(C#N)cc1)C(=O)c1ccc2c(c1)CCC2. The summed E-state index contributed by atoms with van der Waals surface area (Å²) in [7, 11) is 0. The van der Waals surface area contributed by atoms with E-state index in [9.17, 15) is 9.59 Å². The third kappa shape index (κ3) is 4.07. The molecule has 0 aromatic heterocycles. The van der Waals surface area contributed by atoms with Crippen molar-refractivity contribution in [1.29, 1.82) is 5.26 Å². The van der Waals surface area contributed by atoms with Crippen LogP contribution in [0.15, 0.2) is 48.5 Å². The van der Waals surface area contributed by atoms with Crippen LogP contribution in [-0.2, 0) is 22.4 Å². The molecule has 1 aliphatic carbocycles. The van der Waals surface area contributed by atoms with Gasteiger partial charge < -0.3 is 4.74 Å². The molecule has 0 saturated heterocycles. The summed E-state index contributed by atoms with van der Waals surface area (Å²) < 4.78 is 5.22. The molecular weight excluding hydrogens is 326 g/mol. The first-order chi connectivity index (χ1) is 12.6. The molecule has 0 heterocycles. The van der Waals surface area contributed by atoms with Crippen LogP contribution in [0.1, 0.15) is 46.0 Å². The predicted molar refractivity (Wildman–Crippen MR) is 98.5 cm³/mol. The molecule has 4 heteroatoms. The lowest BCUT2D eigenvalue weighted by Gasteiger charge is -2.12. The summed E-state index contributed by atoms with van der Waals surface area (Å²) in [6, 6.07) is 14.6. The molecule has 0 amide bonds. The molecule has 0 aliphatic heterocycles. The van der Waals surface area contributed by atoms with Crippen molar-refractivity contribution in [3.8, 4) is 6.07 Å². The minimum Gasteiger partial charge on any atom is -0.451 e. The van der Waals surface area contributed by atoms with E-state index >= 15 is 0 Å². The van der Waals surface area contributed by atoms with Gasteiger partial charge in [-0.1, -0.05) is 24.3 Å². The largest absolute Gasteiger partial charge is 0.451 e. The fourth-order valence-corrected chi connectivity index (χ4v) is 3.06. The van der Waals surface area contributed by atoms with Crippen LogP contribution >= 0.6 is 0 Å². The van der Waals surface area contributed by atoms with E-state index in [0.717, 1.165) is 24.8 Å². The lowest BCUT2D eigenvalue weighted by molar-refractivity contribution is -0.140. The van der Waals surface area contributed by atoms with Crippen molar-refractivity contribution in [2.45, 2.75) is 32.3 Å². The molecule has 2 aromatic carbocycles. The number of ether oxygens (including phenoxy) is 1. The second-order valence-electron chi connectivity index (χ2n) is 6.35. The zero-order valence-electron chi connectivity index (χ0n) is 14.6. The lowest BCUT2D eigenvalue weighted by atomic mass is 10.0. The number of fused-ring (bicyclic) bond motifs is 1. The minimum absolute atomic E-state index is 0.195. The molecule has 0 radical (unpaired) electrons. The number of carbonyl (C=O) groups excluding carboxylic acids is 2. The Morgan fingerprint density at radius 2 is 1.85 bits per heavy atom. The molecule has 0 fully saturated rings. The fraction of sp³-hybridized carbons (Fsp3) is 0.227. The number of carbonyl (C=O) groups is 2. The van der Waals surface area contributed by atoms with E-state index in [1.165, 1.54) is 17.2 Å². The van der Waals surface area contributed by atoms with Gasteiger partial charge in [0.05, 0.1) is 11.6 Å². The number of aryl methyl sites for hydroxylation is 2. The van der Waals surface area contributed by atoms with E-state index in [0.29, 0.717) is 11.1 Å². The van der Waals surface area contributed by atoms with Gasteiger partial charge in [0.25, 0.3) is 0 Å². The summed E-state index contributed by atoms with van der Waals surface area (Å²) in [6.45, 7) is 1.59. The molecule has 0 spiro atoms. The summed E-state index contributed by atoms with van der Waals surface area (Å²) in [5.74, 6) is -0.767. The van der Waals surface area contributed by atoms with E-state index in [2.05, 4.69) is 0 Å². The zero-order chi connectivity index (χ0) is 18.5. The van der Waals surface area contributed by atoms with E-state index in [4.69, 9.17) is 10.00 Å². The Morgan fingerprint density at radius 1 is 1.12 bits per heavy atom. The number of hydrogen-bond acceptors (Lipinski definition) is 4. The van der Waals surface area contributed by atoms with Crippen LogP contribution in [-0.4, -0.2) is 17.9 Å². The number of benzene rings is 2. The number of nitriles is 1. The van der Waals surface area contributed by atoms with E-state index in [1.54, 1.807) is 37.3 Å². The second kappa shape index (κ2) is 7.79. The van der Waals surface area contributed by atoms with Crippen LogP contribution < -0.4 is 0 Å². The van der Waals surface area contributed by atoms with Crippen molar-refractivity contribution in [2.24, 2.45) is 0 Å². The van der Waals surface area contributed by atoms with Gasteiger partial charge in [0, 0.05) is 11.6 Å². The fourth-order valence-electron chi connectivity index (χ4n) is 3.06. The summed E-state index contributed by atoms with van der Waals surface area (Å²) in [4.78, 5) is 24.5. The maximum atomic E-state index is 12.5. The second-order valence-corrected chi connectivity index (χ2v) is 6.35. The number of esters is 1. The molecule has 0 N–H and O–H groups in total. The molecule has 4 nitrogen and oxygen atoms in total. The lowest BCUT2D eigenvalue weighted by Crippen LogP contribution is -2.23. The highest BCUT2D eigenvalue weighted by Crippen LogP contribution is 2.23. The van der Waals surface area contributed by atoms with Gasteiger partial charge in [-0.25, -0.2) is 4.79 Å². The molecular formula is C22H19NO3. The summed E-state index contributed by atoms with van der Waals surface area (Å²) >= 11 is 0. The Balaban J connectivity index is 1.60. The summed E-state index contributed by atoms with van der Waals surface area (Å²) in [5, 5.41) is 8.77. The van der Waals surface area contributed by atoms with Crippen molar-refractivity contribution >= 4 is 17.8 Å². The van der Waals surface area contributed by atoms with Crippen molar-refractivity contribution in [3.63, 3.8) is 0 Å². The average molecular weight is 345 g/mol. The number of nitrogens with zero attached hydrogens (tertiary/aromatic N) is 1. The van der Waals surface area contributed by atoms with Gasteiger partial charge in [0.2, 0.25) is 5.78 Å². The first-order valence-corrected chi connectivity index (χ1v) is 8.61. The Bertz CT molecular complexity index is 904. The number of rotatable bonds is 5. The van der Waals surface area contributed by atoms with E-state index < -0.39 is 12.1 Å². The van der Waals surface area contributed by atoms with Gasteiger partial charge >= 0.3 is 5.97 Å². The quantitative estimate of drug-likeness (QED) is 0.469. The zero-order valence-corrected chi connectivity index (χ0v) is 14.6. The molecule has 2 aromatic rings. The Kier molecular flexibility index (Phi) is 5.28. The molecule has 26 heavy (non-hydrogen) atoms. The van der Waals surface area contributed by atoms with Crippen LogP contribution in [0.5, 0.6) is 0 Å². The van der Waals surface area contributed by atoms with Crippen LogP contribution in [0.2, 0.25) is 0 Å². The van der Waals surface area contributed by atoms with Gasteiger partial charge in [0.1, 0.15) is 0 Å². The minimum atomic E-state index is -0.840. The van der Waals surface area contributed by atoms with Gasteiger partial charge in [-0.2, -0.15) is 5.26 Å². The highest BCUT2D eigenvalue weighted by atomic mass is 16.5. The van der Waals surface area contributed by atoms with Gasteiger partial charge in [-0.05, 0) is 67.2 Å². The molecule has 0 saturated carbocycles. The van der Waals surface area contributed by atoms with Crippen LogP contribution in [0.4, 0.5) is 0 Å². The highest BCUT2D eigenvalue weighted by molar-refractivity contribution is 6.01. The Hall–Kier alpha value is -3.19. The standard InChI is InChI=1S/C22H19NO3/c1-15(22(25)20-11-10-18-3-2-4-19(18)13-20)26-21(24)12-9-16-5-7-17(14-23)8-6-16/h5-13,15H,2-4H2,1H3/b12-9+/t15-/m0/s1.